The lowest BCUT2D eigenvalue weighted by Crippen LogP contribution is -2.48. The summed E-state index contributed by atoms with van der Waals surface area (Å²) in [7, 11) is 0. The van der Waals surface area contributed by atoms with Crippen molar-refractivity contribution in [3.05, 3.63) is 35.9 Å². The zero-order valence-corrected chi connectivity index (χ0v) is 13.8. The first kappa shape index (κ1) is 17.9. The molecule has 0 radical (unpaired) electrons. The van der Waals surface area contributed by atoms with Gasteiger partial charge < -0.3 is 19.8 Å². The van der Waals surface area contributed by atoms with E-state index in [9.17, 15) is 9.90 Å². The van der Waals surface area contributed by atoms with E-state index in [-0.39, 0.29) is 12.6 Å². The Morgan fingerprint density at radius 1 is 1.30 bits per heavy atom. The molecule has 1 saturated heterocycles. The molecule has 5 heteroatoms. The Bertz CT molecular complexity index is 483. The highest BCUT2D eigenvalue weighted by Crippen LogP contribution is 2.36. The van der Waals surface area contributed by atoms with Crippen LogP contribution in [0, 0.1) is 5.41 Å². The summed E-state index contributed by atoms with van der Waals surface area (Å²) < 4.78 is 5.35. The van der Waals surface area contributed by atoms with Crippen molar-refractivity contribution in [2.45, 2.75) is 32.3 Å². The van der Waals surface area contributed by atoms with E-state index in [4.69, 9.17) is 9.84 Å². The summed E-state index contributed by atoms with van der Waals surface area (Å²) in [4.78, 5) is 14.7. The lowest BCUT2D eigenvalue weighted by molar-refractivity contribution is -0.158. The SMILES string of the molecule is CCOC(=O)C1(Cc2ccccc2)CCN(C[C@H](O)CO)CC1. The zero-order valence-electron chi connectivity index (χ0n) is 13.8. The fourth-order valence-corrected chi connectivity index (χ4v) is 3.24. The number of likely N-dealkylation sites (tertiary alicyclic amines) is 1. The number of nitrogens with zero attached hydrogens (tertiary/aromatic N) is 1. The Morgan fingerprint density at radius 3 is 2.52 bits per heavy atom. The number of rotatable bonds is 7. The summed E-state index contributed by atoms with van der Waals surface area (Å²) in [6.45, 7) is 3.89. The van der Waals surface area contributed by atoms with Gasteiger partial charge in [0.25, 0.3) is 0 Å². The third kappa shape index (κ3) is 4.77. The lowest BCUT2D eigenvalue weighted by Gasteiger charge is -2.40. The van der Waals surface area contributed by atoms with E-state index in [1.54, 1.807) is 0 Å². The van der Waals surface area contributed by atoms with Crippen molar-refractivity contribution in [3.8, 4) is 0 Å². The Kier molecular flexibility index (Phi) is 6.57. The van der Waals surface area contributed by atoms with Gasteiger partial charge in [0, 0.05) is 6.54 Å². The van der Waals surface area contributed by atoms with E-state index in [0.29, 0.717) is 32.4 Å². The van der Waals surface area contributed by atoms with Gasteiger partial charge in [0.1, 0.15) is 0 Å². The van der Waals surface area contributed by atoms with Crippen molar-refractivity contribution in [3.63, 3.8) is 0 Å². The molecule has 0 amide bonds. The van der Waals surface area contributed by atoms with Gasteiger partial charge in [-0.25, -0.2) is 0 Å². The van der Waals surface area contributed by atoms with Gasteiger partial charge in [-0.1, -0.05) is 30.3 Å². The predicted molar refractivity (Wildman–Crippen MR) is 88.0 cm³/mol. The molecule has 2 N–H and O–H groups in total. The molecular formula is C18H27NO4. The van der Waals surface area contributed by atoms with Gasteiger partial charge in [0.15, 0.2) is 0 Å². The highest BCUT2D eigenvalue weighted by atomic mass is 16.5. The Balaban J connectivity index is 2.06. The number of β-amino-alcohol motifs (C(OH)–C–C–N with tert-alkyl or cyclic N) is 1. The number of hydrogen-bond donors (Lipinski definition) is 2. The van der Waals surface area contributed by atoms with Crippen molar-refractivity contribution in [1.29, 1.82) is 0 Å². The predicted octanol–water partition coefficient (Wildman–Crippen LogP) is 1.23. The number of aliphatic hydroxyl groups is 2. The highest BCUT2D eigenvalue weighted by Gasteiger charge is 2.42. The molecule has 1 aliphatic heterocycles. The number of ether oxygens (including phenoxy) is 1. The molecule has 0 aliphatic carbocycles. The third-order valence-corrected chi connectivity index (χ3v) is 4.59. The first-order valence-electron chi connectivity index (χ1n) is 8.32. The summed E-state index contributed by atoms with van der Waals surface area (Å²) >= 11 is 0. The average Bonchev–Trinajstić information content (AvgIpc) is 2.57. The second-order valence-electron chi connectivity index (χ2n) is 6.30. The summed E-state index contributed by atoms with van der Waals surface area (Å²) in [5.41, 5.74) is 0.655. The molecule has 23 heavy (non-hydrogen) atoms. The van der Waals surface area contributed by atoms with Crippen LogP contribution in [0.25, 0.3) is 0 Å². The molecule has 2 rings (SSSR count). The molecule has 1 heterocycles. The van der Waals surface area contributed by atoms with Crippen LogP contribution in [-0.4, -0.2) is 60.0 Å². The largest absolute Gasteiger partial charge is 0.466 e. The van der Waals surface area contributed by atoms with Crippen molar-refractivity contribution in [1.82, 2.24) is 4.90 Å². The first-order chi connectivity index (χ1) is 11.1. The van der Waals surface area contributed by atoms with Gasteiger partial charge in [-0.2, -0.15) is 0 Å². The van der Waals surface area contributed by atoms with E-state index in [2.05, 4.69) is 4.90 Å². The van der Waals surface area contributed by atoms with Crippen LogP contribution in [0.3, 0.4) is 0 Å². The number of carbonyl (C=O) groups is 1. The molecular weight excluding hydrogens is 294 g/mol. The van der Waals surface area contributed by atoms with Gasteiger partial charge in [-0.3, -0.25) is 4.79 Å². The maximum absolute atomic E-state index is 12.6. The van der Waals surface area contributed by atoms with Crippen LogP contribution < -0.4 is 0 Å². The lowest BCUT2D eigenvalue weighted by atomic mass is 9.73. The summed E-state index contributed by atoms with van der Waals surface area (Å²) in [6, 6.07) is 10.0. The summed E-state index contributed by atoms with van der Waals surface area (Å²) in [5.74, 6) is -0.119. The van der Waals surface area contributed by atoms with Gasteiger partial charge in [0.05, 0.1) is 24.7 Å². The molecule has 1 aliphatic rings. The van der Waals surface area contributed by atoms with Crippen LogP contribution in [0.15, 0.2) is 30.3 Å². The molecule has 1 aromatic rings. The van der Waals surface area contributed by atoms with Crippen molar-refractivity contribution < 1.29 is 19.7 Å². The fraction of sp³-hybridized carbons (Fsp3) is 0.611. The molecule has 1 atom stereocenters. The zero-order chi connectivity index (χ0) is 16.7. The molecule has 5 nitrogen and oxygen atoms in total. The number of piperidine rings is 1. The Labute approximate surface area is 137 Å². The number of esters is 1. The van der Waals surface area contributed by atoms with E-state index in [1.807, 2.05) is 37.3 Å². The van der Waals surface area contributed by atoms with Crippen molar-refractivity contribution in [2.24, 2.45) is 5.41 Å². The topological polar surface area (TPSA) is 70.0 Å². The monoisotopic (exact) mass is 321 g/mol. The second-order valence-corrected chi connectivity index (χ2v) is 6.30. The maximum Gasteiger partial charge on any atom is 0.312 e. The molecule has 0 aromatic heterocycles. The van der Waals surface area contributed by atoms with Gasteiger partial charge in [-0.05, 0) is 44.8 Å². The minimum Gasteiger partial charge on any atom is -0.466 e. The first-order valence-corrected chi connectivity index (χ1v) is 8.32. The minimum atomic E-state index is -0.723. The second kappa shape index (κ2) is 8.43. The molecule has 0 saturated carbocycles. The number of hydrogen-bond acceptors (Lipinski definition) is 5. The van der Waals surface area contributed by atoms with Gasteiger partial charge >= 0.3 is 5.97 Å². The van der Waals surface area contributed by atoms with Crippen molar-refractivity contribution >= 4 is 5.97 Å². The Hall–Kier alpha value is -1.43. The van der Waals surface area contributed by atoms with Crippen LogP contribution in [0.1, 0.15) is 25.3 Å². The van der Waals surface area contributed by atoms with Crippen LogP contribution in [0.2, 0.25) is 0 Å². The van der Waals surface area contributed by atoms with E-state index < -0.39 is 11.5 Å². The van der Waals surface area contributed by atoms with E-state index >= 15 is 0 Å². The van der Waals surface area contributed by atoms with Crippen molar-refractivity contribution in [2.75, 3.05) is 32.8 Å². The van der Waals surface area contributed by atoms with Crippen LogP contribution in [-0.2, 0) is 16.0 Å². The number of carbonyl (C=O) groups excluding carboxylic acids is 1. The highest BCUT2D eigenvalue weighted by molar-refractivity contribution is 5.77. The third-order valence-electron chi connectivity index (χ3n) is 4.59. The quantitative estimate of drug-likeness (QED) is 0.739. The molecule has 128 valence electrons. The van der Waals surface area contributed by atoms with Gasteiger partial charge in [-0.15, -0.1) is 0 Å². The van der Waals surface area contributed by atoms with E-state index in [0.717, 1.165) is 18.7 Å². The maximum atomic E-state index is 12.6. The van der Waals surface area contributed by atoms with Crippen LogP contribution >= 0.6 is 0 Å². The van der Waals surface area contributed by atoms with Crippen LogP contribution in [0.4, 0.5) is 0 Å². The number of benzene rings is 1. The average molecular weight is 321 g/mol. The standard InChI is InChI=1S/C18H27NO4/c1-2-23-17(22)18(12-15-6-4-3-5-7-15)8-10-19(11-9-18)13-16(21)14-20/h3-7,16,20-21H,2,8-14H2,1H3/t16-/m0/s1. The fourth-order valence-electron chi connectivity index (χ4n) is 3.24. The summed E-state index contributed by atoms with van der Waals surface area (Å²) in [5, 5.41) is 18.6. The molecule has 0 spiro atoms. The molecule has 0 unspecified atom stereocenters. The van der Waals surface area contributed by atoms with Gasteiger partial charge in [0.2, 0.25) is 0 Å². The minimum absolute atomic E-state index is 0.119. The normalized spacial score (nSPS) is 19.3. The van der Waals surface area contributed by atoms with E-state index in [1.165, 1.54) is 0 Å². The molecule has 1 fully saturated rings. The molecule has 0 bridgehead atoms. The number of aliphatic hydroxyl groups excluding tert-OH is 2. The Morgan fingerprint density at radius 2 is 1.96 bits per heavy atom. The molecule has 1 aromatic carbocycles. The smallest absolute Gasteiger partial charge is 0.312 e. The van der Waals surface area contributed by atoms with Crippen LogP contribution in [0.5, 0.6) is 0 Å². The summed E-state index contributed by atoms with van der Waals surface area (Å²) in [6.07, 6.45) is 1.38.